The zero-order chi connectivity index (χ0) is 17.0. The van der Waals surface area contributed by atoms with Gasteiger partial charge in [0, 0.05) is 18.6 Å². The van der Waals surface area contributed by atoms with E-state index >= 15 is 0 Å². The first-order valence-corrected chi connectivity index (χ1v) is 9.38. The van der Waals surface area contributed by atoms with Gasteiger partial charge in [-0.2, -0.15) is 0 Å². The number of nitrogens with one attached hydrogen (secondary N) is 1. The van der Waals surface area contributed by atoms with Crippen LogP contribution in [-0.2, 0) is 0 Å². The van der Waals surface area contributed by atoms with E-state index in [-0.39, 0.29) is 23.6 Å². The highest BCUT2D eigenvalue weighted by molar-refractivity contribution is 5.97. The maximum atomic E-state index is 13.0. The Morgan fingerprint density at radius 3 is 2.52 bits per heavy atom. The number of hydrogen-bond acceptors (Lipinski definition) is 3. The zero-order valence-electron chi connectivity index (χ0n) is 14.3. The molecule has 5 nitrogen and oxygen atoms in total. The van der Waals surface area contributed by atoms with E-state index in [4.69, 9.17) is 0 Å². The van der Waals surface area contributed by atoms with Crippen molar-refractivity contribution >= 4 is 16.8 Å². The van der Waals surface area contributed by atoms with Crippen molar-refractivity contribution in [3.8, 4) is 0 Å². The molecule has 4 aliphatic rings. The maximum Gasteiger partial charge on any atom is 0.264 e. The fourth-order valence-corrected chi connectivity index (χ4v) is 4.52. The Hall–Kier alpha value is -2.14. The molecule has 3 aliphatic heterocycles. The molecule has 1 amide bonds. The van der Waals surface area contributed by atoms with E-state index in [0.29, 0.717) is 11.5 Å². The highest BCUT2D eigenvalue weighted by atomic mass is 16.2. The maximum absolute atomic E-state index is 13.0. The molecule has 130 valence electrons. The quantitative estimate of drug-likeness (QED) is 0.934. The highest BCUT2D eigenvalue weighted by Crippen LogP contribution is 2.36. The minimum Gasteiger partial charge on any atom is -0.348 e. The summed E-state index contributed by atoms with van der Waals surface area (Å²) >= 11 is 0. The summed E-state index contributed by atoms with van der Waals surface area (Å²) in [4.78, 5) is 28.3. The monoisotopic (exact) mass is 337 g/mol. The molecule has 0 spiro atoms. The number of nitrogens with zero attached hydrogens (tertiary/aromatic N) is 2. The molecule has 1 saturated carbocycles. The Labute approximate surface area is 146 Å². The van der Waals surface area contributed by atoms with Crippen molar-refractivity contribution in [2.75, 3.05) is 19.6 Å². The first kappa shape index (κ1) is 15.1. The second-order valence-electron chi connectivity index (χ2n) is 7.74. The molecule has 6 rings (SSSR count). The normalized spacial score (nSPS) is 28.2. The summed E-state index contributed by atoms with van der Waals surface area (Å²) in [6.45, 7) is 3.20. The number of hydrogen-bond donors (Lipinski definition) is 1. The zero-order valence-corrected chi connectivity index (χ0v) is 14.3. The lowest BCUT2D eigenvalue weighted by atomic mass is 9.84. The molecule has 1 N–H and O–H groups in total. The van der Waals surface area contributed by atoms with Gasteiger partial charge in [-0.3, -0.25) is 9.59 Å². The van der Waals surface area contributed by atoms with Crippen molar-refractivity contribution in [3.63, 3.8) is 0 Å². The van der Waals surface area contributed by atoms with Gasteiger partial charge in [-0.1, -0.05) is 18.2 Å². The van der Waals surface area contributed by atoms with Gasteiger partial charge in [-0.05, 0) is 62.2 Å². The van der Waals surface area contributed by atoms with Crippen LogP contribution in [0.3, 0.4) is 0 Å². The SMILES string of the molecule is O=C(NC1CN2CCC1CC2)c1cc2ccccc2n(C2CC2)c1=O. The number of benzene rings is 1. The van der Waals surface area contributed by atoms with Crippen molar-refractivity contribution < 1.29 is 4.79 Å². The van der Waals surface area contributed by atoms with Gasteiger partial charge in [0.05, 0.1) is 5.52 Å². The molecule has 1 atom stereocenters. The van der Waals surface area contributed by atoms with Crippen LogP contribution in [0.5, 0.6) is 0 Å². The van der Waals surface area contributed by atoms with Gasteiger partial charge in [0.2, 0.25) is 0 Å². The van der Waals surface area contributed by atoms with Crippen molar-refractivity contribution in [2.24, 2.45) is 5.92 Å². The Bertz CT molecular complexity index is 891. The predicted octanol–water partition coefficient (Wildman–Crippen LogP) is 2.16. The average molecular weight is 337 g/mol. The van der Waals surface area contributed by atoms with Crippen molar-refractivity contribution in [1.82, 2.24) is 14.8 Å². The van der Waals surface area contributed by atoms with Crippen molar-refractivity contribution in [2.45, 2.75) is 37.8 Å². The molecule has 5 heteroatoms. The molecule has 1 aromatic carbocycles. The Kier molecular flexibility index (Phi) is 3.45. The first-order chi connectivity index (χ1) is 12.2. The van der Waals surface area contributed by atoms with Crippen LogP contribution in [0.1, 0.15) is 42.1 Å². The number of fused-ring (bicyclic) bond motifs is 4. The lowest BCUT2D eigenvalue weighted by Gasteiger charge is -2.44. The second-order valence-corrected chi connectivity index (χ2v) is 7.74. The summed E-state index contributed by atoms with van der Waals surface area (Å²) in [7, 11) is 0. The molecular formula is C20H23N3O2. The number of para-hydroxylation sites is 1. The topological polar surface area (TPSA) is 54.3 Å². The van der Waals surface area contributed by atoms with Gasteiger partial charge in [0.25, 0.3) is 11.5 Å². The van der Waals surface area contributed by atoms with E-state index in [1.54, 1.807) is 6.07 Å². The molecule has 3 saturated heterocycles. The fraction of sp³-hybridized carbons (Fsp3) is 0.500. The van der Waals surface area contributed by atoms with Crippen LogP contribution in [0.2, 0.25) is 0 Å². The third-order valence-electron chi connectivity index (χ3n) is 6.07. The predicted molar refractivity (Wildman–Crippen MR) is 96.9 cm³/mol. The minimum absolute atomic E-state index is 0.139. The lowest BCUT2D eigenvalue weighted by molar-refractivity contribution is 0.0619. The molecular weight excluding hydrogens is 314 g/mol. The number of piperidine rings is 3. The van der Waals surface area contributed by atoms with Crippen LogP contribution in [0.25, 0.3) is 10.9 Å². The van der Waals surface area contributed by atoms with Crippen LogP contribution >= 0.6 is 0 Å². The third-order valence-corrected chi connectivity index (χ3v) is 6.07. The van der Waals surface area contributed by atoms with Crippen LogP contribution in [0, 0.1) is 5.92 Å². The second kappa shape index (κ2) is 5.70. The van der Waals surface area contributed by atoms with E-state index in [1.807, 2.05) is 28.8 Å². The molecule has 1 aromatic heterocycles. The lowest BCUT2D eigenvalue weighted by Crippen LogP contribution is -2.57. The van der Waals surface area contributed by atoms with Crippen LogP contribution < -0.4 is 10.9 Å². The van der Waals surface area contributed by atoms with Crippen LogP contribution in [0.4, 0.5) is 0 Å². The average Bonchev–Trinajstić information content (AvgIpc) is 3.47. The standard InChI is InChI=1S/C20H23N3O2/c24-19(21-17-12-22-9-7-13(17)8-10-22)16-11-14-3-1-2-4-18(14)23(20(16)25)15-5-6-15/h1-4,11,13,15,17H,5-10,12H2,(H,21,24). The van der Waals surface area contributed by atoms with Crippen LogP contribution in [-0.4, -0.2) is 41.1 Å². The molecule has 2 bridgehead atoms. The largest absolute Gasteiger partial charge is 0.348 e. The van der Waals surface area contributed by atoms with Crippen molar-refractivity contribution in [3.05, 3.63) is 46.2 Å². The number of amides is 1. The summed E-state index contributed by atoms with van der Waals surface area (Å²) in [5.74, 6) is 0.351. The summed E-state index contributed by atoms with van der Waals surface area (Å²) in [5.41, 5.74) is 1.09. The number of carbonyl (C=O) groups is 1. The van der Waals surface area contributed by atoms with E-state index in [1.165, 1.54) is 0 Å². The Morgan fingerprint density at radius 1 is 1.08 bits per heavy atom. The van der Waals surface area contributed by atoms with E-state index in [2.05, 4.69) is 10.2 Å². The summed E-state index contributed by atoms with van der Waals surface area (Å²) in [5, 5.41) is 4.13. The molecule has 4 heterocycles. The summed E-state index contributed by atoms with van der Waals surface area (Å²) in [6, 6.07) is 10.1. The number of aromatic nitrogens is 1. The van der Waals surface area contributed by atoms with Gasteiger partial charge < -0.3 is 14.8 Å². The third kappa shape index (κ3) is 2.58. The van der Waals surface area contributed by atoms with Gasteiger partial charge in [-0.15, -0.1) is 0 Å². The Balaban J connectivity index is 1.51. The molecule has 4 fully saturated rings. The van der Waals surface area contributed by atoms with Gasteiger partial charge in [0.1, 0.15) is 5.56 Å². The molecule has 25 heavy (non-hydrogen) atoms. The molecule has 1 unspecified atom stereocenters. The van der Waals surface area contributed by atoms with E-state index in [9.17, 15) is 9.59 Å². The van der Waals surface area contributed by atoms with Crippen LogP contribution in [0.15, 0.2) is 35.1 Å². The molecule has 0 radical (unpaired) electrons. The Morgan fingerprint density at radius 2 is 1.84 bits per heavy atom. The van der Waals surface area contributed by atoms with Gasteiger partial charge in [-0.25, -0.2) is 0 Å². The van der Waals surface area contributed by atoms with Gasteiger partial charge in [0.15, 0.2) is 0 Å². The smallest absolute Gasteiger partial charge is 0.264 e. The summed E-state index contributed by atoms with van der Waals surface area (Å²) < 4.78 is 1.83. The van der Waals surface area contributed by atoms with Gasteiger partial charge >= 0.3 is 0 Å². The first-order valence-electron chi connectivity index (χ1n) is 9.38. The molecule has 1 aliphatic carbocycles. The highest BCUT2D eigenvalue weighted by Gasteiger charge is 2.35. The minimum atomic E-state index is -0.205. The fourth-order valence-electron chi connectivity index (χ4n) is 4.52. The molecule has 2 aromatic rings. The summed E-state index contributed by atoms with van der Waals surface area (Å²) in [6.07, 6.45) is 4.34. The number of rotatable bonds is 3. The number of carbonyl (C=O) groups excluding carboxylic acids is 1. The van der Waals surface area contributed by atoms with E-state index < -0.39 is 0 Å². The van der Waals surface area contributed by atoms with E-state index in [0.717, 1.165) is 56.2 Å². The number of pyridine rings is 1. The van der Waals surface area contributed by atoms with Crippen molar-refractivity contribution in [1.29, 1.82) is 0 Å².